The van der Waals surface area contributed by atoms with Gasteiger partial charge in [-0.25, -0.2) is 0 Å². The van der Waals surface area contributed by atoms with Crippen molar-refractivity contribution in [1.29, 1.82) is 0 Å². The average Bonchev–Trinajstić information content (AvgIpc) is 3.37. The Morgan fingerprint density at radius 3 is 2.62 bits per heavy atom. The number of amides is 2. The lowest BCUT2D eigenvalue weighted by Gasteiger charge is -2.37. The highest BCUT2D eigenvalue weighted by Crippen LogP contribution is 2.71. The predicted octanol–water partition coefficient (Wildman–Crippen LogP) is 3.40. The van der Waals surface area contributed by atoms with E-state index in [1.807, 2.05) is 4.90 Å². The van der Waals surface area contributed by atoms with Crippen LogP contribution < -0.4 is 0 Å². The van der Waals surface area contributed by atoms with Crippen LogP contribution in [0.2, 0.25) is 0 Å². The Hall–Kier alpha value is -1.54. The van der Waals surface area contributed by atoms with Crippen molar-refractivity contribution in [1.82, 2.24) is 9.80 Å². The van der Waals surface area contributed by atoms with Gasteiger partial charge in [0.1, 0.15) is 6.04 Å². The van der Waals surface area contributed by atoms with Gasteiger partial charge in [0.15, 0.2) is 0 Å². The molecule has 8 heteroatoms. The Bertz CT molecular complexity index is 776. The van der Waals surface area contributed by atoms with Gasteiger partial charge < -0.3 is 19.6 Å². The summed E-state index contributed by atoms with van der Waals surface area (Å²) in [6, 6.07) is -0.564. The summed E-state index contributed by atoms with van der Waals surface area (Å²) < 4.78 is 4.47. The molecule has 0 saturated carbocycles. The lowest BCUT2D eigenvalue weighted by molar-refractivity contribution is -0.155. The molecule has 192 valence electrons. The largest absolute Gasteiger partial charge is 0.466 e. The number of unbranched alkanes of at least 4 members (excludes halogenated alkanes) is 4. The van der Waals surface area contributed by atoms with E-state index < -0.39 is 22.6 Å². The fourth-order valence-electron chi connectivity index (χ4n) is 6.25. The third-order valence-electron chi connectivity index (χ3n) is 7.80. The van der Waals surface area contributed by atoms with E-state index in [1.165, 1.54) is 0 Å². The summed E-state index contributed by atoms with van der Waals surface area (Å²) in [4.78, 5) is 44.7. The monoisotopic (exact) mass is 494 g/mol. The van der Waals surface area contributed by atoms with Crippen LogP contribution in [-0.4, -0.2) is 81.1 Å². The van der Waals surface area contributed by atoms with Gasteiger partial charge in [0.2, 0.25) is 11.8 Å². The fourth-order valence-corrected chi connectivity index (χ4v) is 8.59. The highest BCUT2D eigenvalue weighted by molar-refractivity contribution is 8.02. The van der Waals surface area contributed by atoms with Crippen molar-refractivity contribution in [3.8, 4) is 0 Å². The quantitative estimate of drug-likeness (QED) is 0.226. The molecule has 2 unspecified atom stereocenters. The average molecular weight is 495 g/mol. The van der Waals surface area contributed by atoms with Crippen LogP contribution in [0.4, 0.5) is 0 Å². The molecule has 3 aliphatic rings. The molecule has 0 aromatic heterocycles. The molecule has 2 amide bonds. The SMILES string of the molecule is C=CCN(CCCC)C(=O)C1N(CCCCCCO)C(=O)[C@@H]2[C@H](C(=O)OCC)[C@]3(C)CCC12S3. The van der Waals surface area contributed by atoms with E-state index in [1.54, 1.807) is 29.7 Å². The molecule has 3 aliphatic heterocycles. The Kier molecular flexibility index (Phi) is 9.12. The molecule has 3 saturated heterocycles. The molecular weight excluding hydrogens is 452 g/mol. The Morgan fingerprint density at radius 2 is 1.97 bits per heavy atom. The number of likely N-dealkylation sites (tertiary alicyclic amines) is 1. The van der Waals surface area contributed by atoms with Crippen molar-refractivity contribution in [2.24, 2.45) is 11.8 Å². The van der Waals surface area contributed by atoms with Crippen molar-refractivity contribution in [2.45, 2.75) is 87.7 Å². The lowest BCUT2D eigenvalue weighted by atomic mass is 9.66. The van der Waals surface area contributed by atoms with Gasteiger partial charge in [-0.05, 0) is 46.0 Å². The van der Waals surface area contributed by atoms with Gasteiger partial charge in [0, 0.05) is 31.0 Å². The third-order valence-corrected chi connectivity index (χ3v) is 9.79. The molecule has 0 aromatic rings. The summed E-state index contributed by atoms with van der Waals surface area (Å²) >= 11 is 1.70. The highest BCUT2D eigenvalue weighted by atomic mass is 32.2. The first kappa shape index (κ1) is 27.1. The number of aliphatic hydroxyl groups excluding tert-OH is 1. The van der Waals surface area contributed by atoms with E-state index in [0.717, 1.165) is 51.4 Å². The molecule has 2 bridgehead atoms. The van der Waals surface area contributed by atoms with Crippen molar-refractivity contribution in [2.75, 3.05) is 32.8 Å². The number of hydrogen-bond donors (Lipinski definition) is 1. The van der Waals surface area contributed by atoms with E-state index >= 15 is 0 Å². The number of aliphatic hydroxyl groups is 1. The molecule has 0 radical (unpaired) electrons. The van der Waals surface area contributed by atoms with E-state index in [2.05, 4.69) is 20.4 Å². The second-order valence-corrected chi connectivity index (χ2v) is 12.0. The number of carbonyl (C=O) groups is 3. The molecule has 5 atom stereocenters. The van der Waals surface area contributed by atoms with Crippen molar-refractivity contribution in [3.05, 3.63) is 12.7 Å². The Morgan fingerprint density at radius 1 is 1.24 bits per heavy atom. The molecule has 3 fully saturated rings. The van der Waals surface area contributed by atoms with Crippen molar-refractivity contribution in [3.63, 3.8) is 0 Å². The van der Waals surface area contributed by atoms with Gasteiger partial charge >= 0.3 is 5.97 Å². The van der Waals surface area contributed by atoms with Crippen molar-refractivity contribution < 1.29 is 24.2 Å². The number of rotatable bonds is 14. The summed E-state index contributed by atoms with van der Waals surface area (Å²) in [6.45, 7) is 11.9. The van der Waals surface area contributed by atoms with Crippen LogP contribution in [-0.2, 0) is 19.1 Å². The molecule has 34 heavy (non-hydrogen) atoms. The maximum Gasteiger partial charge on any atom is 0.311 e. The fraction of sp³-hybridized carbons (Fsp3) is 0.808. The maximum atomic E-state index is 14.1. The van der Waals surface area contributed by atoms with E-state index in [0.29, 0.717) is 19.6 Å². The van der Waals surface area contributed by atoms with E-state index in [9.17, 15) is 14.4 Å². The Balaban J connectivity index is 1.95. The van der Waals surface area contributed by atoms with Crippen LogP contribution >= 0.6 is 11.8 Å². The van der Waals surface area contributed by atoms with Crippen LogP contribution in [0, 0.1) is 11.8 Å². The van der Waals surface area contributed by atoms with Crippen molar-refractivity contribution >= 4 is 29.5 Å². The number of esters is 1. The molecular formula is C26H42N2O5S. The molecule has 1 spiro atoms. The van der Waals surface area contributed by atoms with E-state index in [-0.39, 0.29) is 35.7 Å². The molecule has 1 N–H and O–H groups in total. The minimum atomic E-state index is -0.586. The first-order valence-electron chi connectivity index (χ1n) is 13.0. The summed E-state index contributed by atoms with van der Waals surface area (Å²) in [6.07, 6.45) is 8.49. The molecule has 3 rings (SSSR count). The van der Waals surface area contributed by atoms with Crippen LogP contribution in [0.1, 0.15) is 72.1 Å². The van der Waals surface area contributed by atoms with Crippen LogP contribution in [0.25, 0.3) is 0 Å². The Labute approximate surface area is 208 Å². The lowest BCUT2D eigenvalue weighted by Crippen LogP contribution is -2.55. The summed E-state index contributed by atoms with van der Waals surface area (Å²) in [5, 5.41) is 9.08. The standard InChI is InChI=1S/C26H42N2O5S/c1-5-8-16-27(15-6-2)23(31)21-26-14-13-25(4,34-26)20(24(32)33-7-3)19(26)22(30)28(21)17-11-9-10-12-18-29/h6,19-21,29H,2,5,7-18H2,1,3-4H3/t19-,20+,21?,25-,26?/m0/s1. The van der Waals surface area contributed by atoms with Crippen LogP contribution in [0.5, 0.6) is 0 Å². The molecule has 7 nitrogen and oxygen atoms in total. The molecule has 3 heterocycles. The smallest absolute Gasteiger partial charge is 0.311 e. The third kappa shape index (κ3) is 4.77. The van der Waals surface area contributed by atoms with Gasteiger partial charge in [-0.3, -0.25) is 14.4 Å². The first-order valence-corrected chi connectivity index (χ1v) is 13.8. The number of hydrogen-bond acceptors (Lipinski definition) is 6. The number of nitrogens with zero attached hydrogens (tertiary/aromatic N) is 2. The zero-order valence-electron chi connectivity index (χ0n) is 21.1. The van der Waals surface area contributed by atoms with Gasteiger partial charge in [0.05, 0.1) is 23.2 Å². The first-order chi connectivity index (χ1) is 16.3. The van der Waals surface area contributed by atoms with Crippen LogP contribution in [0.15, 0.2) is 12.7 Å². The maximum absolute atomic E-state index is 14.1. The molecule has 0 aromatic carbocycles. The summed E-state index contributed by atoms with van der Waals surface area (Å²) in [7, 11) is 0. The van der Waals surface area contributed by atoms with Gasteiger partial charge in [0.25, 0.3) is 0 Å². The molecule has 0 aliphatic carbocycles. The normalized spacial score (nSPS) is 31.6. The zero-order chi connectivity index (χ0) is 24.9. The van der Waals surface area contributed by atoms with Gasteiger partial charge in [-0.2, -0.15) is 0 Å². The minimum absolute atomic E-state index is 0.0131. The topological polar surface area (TPSA) is 87.2 Å². The summed E-state index contributed by atoms with van der Waals surface area (Å²) in [5.74, 6) is -1.41. The number of fused-ring (bicyclic) bond motifs is 1. The highest BCUT2D eigenvalue weighted by Gasteiger charge is 2.77. The second kappa shape index (κ2) is 11.5. The van der Waals surface area contributed by atoms with Gasteiger partial charge in [-0.1, -0.05) is 32.3 Å². The number of carbonyl (C=O) groups excluding carboxylic acids is 3. The predicted molar refractivity (Wildman–Crippen MR) is 134 cm³/mol. The second-order valence-electron chi connectivity index (χ2n) is 10.1. The minimum Gasteiger partial charge on any atom is -0.466 e. The van der Waals surface area contributed by atoms with Gasteiger partial charge in [-0.15, -0.1) is 18.3 Å². The number of thioether (sulfide) groups is 1. The summed E-state index contributed by atoms with van der Waals surface area (Å²) in [5.41, 5.74) is 0. The van der Waals surface area contributed by atoms with Crippen LogP contribution in [0.3, 0.4) is 0 Å². The number of ether oxygens (including phenoxy) is 1. The van der Waals surface area contributed by atoms with E-state index in [4.69, 9.17) is 9.84 Å². The zero-order valence-corrected chi connectivity index (χ0v) is 21.9.